The summed E-state index contributed by atoms with van der Waals surface area (Å²) >= 11 is 0. The maximum Gasteiger partial charge on any atom is 0.258 e. The van der Waals surface area contributed by atoms with E-state index in [1.807, 2.05) is 0 Å². The molecule has 2 rings (SSSR count). The molecule has 0 saturated heterocycles. The summed E-state index contributed by atoms with van der Waals surface area (Å²) in [6.45, 7) is 0. The quantitative estimate of drug-likeness (QED) is 0.940. The summed E-state index contributed by atoms with van der Waals surface area (Å²) in [4.78, 5) is 13.6. The fourth-order valence-corrected chi connectivity index (χ4v) is 2.46. The van der Waals surface area contributed by atoms with E-state index in [9.17, 15) is 17.6 Å². The van der Waals surface area contributed by atoms with Gasteiger partial charge in [-0.2, -0.15) is 0 Å². The van der Waals surface area contributed by atoms with E-state index in [0.29, 0.717) is 11.4 Å². The van der Waals surface area contributed by atoms with Gasteiger partial charge in [0, 0.05) is 24.0 Å². The molecule has 0 fully saturated rings. The van der Waals surface area contributed by atoms with Crippen LogP contribution >= 0.6 is 0 Å². The van der Waals surface area contributed by atoms with Crippen LogP contribution in [0.15, 0.2) is 48.5 Å². The minimum atomic E-state index is -3.35. The van der Waals surface area contributed by atoms with Gasteiger partial charge in [-0.15, -0.1) is 0 Å². The largest absolute Gasteiger partial charge is 0.311 e. The molecule has 5 nitrogen and oxygen atoms in total. The molecule has 0 spiro atoms. The van der Waals surface area contributed by atoms with Crippen LogP contribution in [0.3, 0.4) is 0 Å². The zero-order valence-electron chi connectivity index (χ0n) is 12.1. The molecule has 0 radical (unpaired) electrons. The molecule has 0 aliphatic carbocycles. The first kappa shape index (κ1) is 16.0. The Hall–Kier alpha value is -2.41. The number of anilines is 2. The Morgan fingerprint density at radius 1 is 1.14 bits per heavy atom. The standard InChI is InChI=1S/C15H15FN2O3S/c1-18(15(19)11-4-3-5-12(16)10-11)14-8-6-13(7-9-14)17-22(2,20)21/h3-10,17H,1-2H3. The summed E-state index contributed by atoms with van der Waals surface area (Å²) in [6, 6.07) is 11.7. The fraction of sp³-hybridized carbons (Fsp3) is 0.133. The van der Waals surface area contributed by atoms with Crippen molar-refractivity contribution in [3.8, 4) is 0 Å². The molecule has 0 saturated carbocycles. The first-order chi connectivity index (χ1) is 10.3. The molecule has 0 unspecified atom stereocenters. The lowest BCUT2D eigenvalue weighted by Crippen LogP contribution is -2.26. The molecule has 1 amide bonds. The molecule has 0 atom stereocenters. The zero-order valence-corrected chi connectivity index (χ0v) is 12.9. The summed E-state index contributed by atoms with van der Waals surface area (Å²) in [5.41, 5.74) is 1.20. The molecule has 7 heteroatoms. The summed E-state index contributed by atoms with van der Waals surface area (Å²) in [5.74, 6) is -0.838. The number of nitrogens with one attached hydrogen (secondary N) is 1. The van der Waals surface area contributed by atoms with Crippen LogP contribution in [0.2, 0.25) is 0 Å². The highest BCUT2D eigenvalue weighted by Crippen LogP contribution is 2.19. The van der Waals surface area contributed by atoms with Crippen molar-refractivity contribution in [1.82, 2.24) is 0 Å². The smallest absolute Gasteiger partial charge is 0.258 e. The summed E-state index contributed by atoms with van der Waals surface area (Å²) in [6.07, 6.45) is 1.06. The van der Waals surface area contributed by atoms with Crippen molar-refractivity contribution in [2.24, 2.45) is 0 Å². The summed E-state index contributed by atoms with van der Waals surface area (Å²) < 4.78 is 37.8. The van der Waals surface area contributed by atoms with Gasteiger partial charge >= 0.3 is 0 Å². The molecule has 2 aromatic carbocycles. The number of hydrogen-bond acceptors (Lipinski definition) is 3. The molecule has 0 heterocycles. The number of sulfonamides is 1. The van der Waals surface area contributed by atoms with Crippen molar-refractivity contribution in [3.05, 3.63) is 59.9 Å². The Labute approximate surface area is 128 Å². The molecule has 0 bridgehead atoms. The summed E-state index contributed by atoms with van der Waals surface area (Å²) in [7, 11) is -1.78. The Kier molecular flexibility index (Phi) is 4.46. The van der Waals surface area contributed by atoms with Gasteiger partial charge in [0.15, 0.2) is 0 Å². The molecule has 1 N–H and O–H groups in total. The second kappa shape index (κ2) is 6.15. The van der Waals surface area contributed by atoms with Gasteiger partial charge < -0.3 is 4.90 Å². The van der Waals surface area contributed by atoms with Crippen LogP contribution in [-0.2, 0) is 10.0 Å². The SMILES string of the molecule is CN(C(=O)c1cccc(F)c1)c1ccc(NS(C)(=O)=O)cc1. The molecular weight excluding hydrogens is 307 g/mol. The van der Waals surface area contributed by atoms with Crippen LogP contribution in [-0.4, -0.2) is 27.6 Å². The maximum absolute atomic E-state index is 13.2. The van der Waals surface area contributed by atoms with Gasteiger partial charge in [0.25, 0.3) is 5.91 Å². The molecule has 116 valence electrons. The normalized spacial score (nSPS) is 11.0. The van der Waals surface area contributed by atoms with E-state index in [1.54, 1.807) is 31.3 Å². The van der Waals surface area contributed by atoms with Crippen molar-refractivity contribution in [3.63, 3.8) is 0 Å². The van der Waals surface area contributed by atoms with Gasteiger partial charge in [-0.25, -0.2) is 12.8 Å². The Morgan fingerprint density at radius 3 is 2.32 bits per heavy atom. The second-order valence-corrected chi connectivity index (χ2v) is 6.54. The number of hydrogen-bond donors (Lipinski definition) is 1. The highest BCUT2D eigenvalue weighted by molar-refractivity contribution is 7.92. The molecule has 0 aliphatic rings. The van der Waals surface area contributed by atoms with Gasteiger partial charge in [0.05, 0.1) is 6.26 Å². The predicted octanol–water partition coefficient (Wildman–Crippen LogP) is 2.47. The lowest BCUT2D eigenvalue weighted by atomic mass is 10.2. The van der Waals surface area contributed by atoms with Crippen molar-refractivity contribution in [1.29, 1.82) is 0 Å². The predicted molar refractivity (Wildman–Crippen MR) is 84.0 cm³/mol. The highest BCUT2D eigenvalue weighted by atomic mass is 32.2. The Balaban J connectivity index is 2.19. The van der Waals surface area contributed by atoms with Gasteiger partial charge in [-0.1, -0.05) is 6.07 Å². The molecular formula is C15H15FN2O3S. The molecule has 2 aromatic rings. The van der Waals surface area contributed by atoms with Crippen LogP contribution in [0.1, 0.15) is 10.4 Å². The minimum absolute atomic E-state index is 0.237. The van der Waals surface area contributed by atoms with Crippen molar-refractivity contribution in [2.45, 2.75) is 0 Å². The van der Waals surface area contributed by atoms with Crippen molar-refractivity contribution in [2.75, 3.05) is 22.9 Å². The molecule has 22 heavy (non-hydrogen) atoms. The van der Waals surface area contributed by atoms with Gasteiger partial charge in [-0.3, -0.25) is 9.52 Å². The van der Waals surface area contributed by atoms with Gasteiger partial charge in [0.1, 0.15) is 5.82 Å². The number of nitrogens with zero attached hydrogens (tertiary/aromatic N) is 1. The van der Waals surface area contributed by atoms with Crippen LogP contribution in [0, 0.1) is 5.82 Å². The fourth-order valence-electron chi connectivity index (χ4n) is 1.90. The van der Waals surface area contributed by atoms with E-state index in [4.69, 9.17) is 0 Å². The van der Waals surface area contributed by atoms with Crippen LogP contribution in [0.5, 0.6) is 0 Å². The monoisotopic (exact) mass is 322 g/mol. The van der Waals surface area contributed by atoms with E-state index in [0.717, 1.165) is 6.26 Å². The minimum Gasteiger partial charge on any atom is -0.311 e. The second-order valence-electron chi connectivity index (χ2n) is 4.80. The Morgan fingerprint density at radius 2 is 1.77 bits per heavy atom. The lowest BCUT2D eigenvalue weighted by Gasteiger charge is -2.18. The summed E-state index contributed by atoms with van der Waals surface area (Å²) in [5, 5.41) is 0. The lowest BCUT2D eigenvalue weighted by molar-refractivity contribution is 0.0992. The number of carbonyl (C=O) groups is 1. The maximum atomic E-state index is 13.2. The Bertz CT molecular complexity index is 789. The number of halogens is 1. The van der Waals surface area contributed by atoms with Crippen molar-refractivity contribution < 1.29 is 17.6 Å². The van der Waals surface area contributed by atoms with Crippen LogP contribution in [0.4, 0.5) is 15.8 Å². The van der Waals surface area contributed by atoms with Crippen LogP contribution < -0.4 is 9.62 Å². The number of benzene rings is 2. The number of amides is 1. The average molecular weight is 322 g/mol. The van der Waals surface area contributed by atoms with Crippen molar-refractivity contribution >= 4 is 27.3 Å². The third kappa shape index (κ3) is 4.05. The van der Waals surface area contributed by atoms with Gasteiger partial charge in [-0.05, 0) is 42.5 Å². The third-order valence-electron chi connectivity index (χ3n) is 2.93. The first-order valence-electron chi connectivity index (χ1n) is 6.38. The van der Waals surface area contributed by atoms with E-state index in [1.165, 1.54) is 29.2 Å². The average Bonchev–Trinajstić information content (AvgIpc) is 2.45. The first-order valence-corrected chi connectivity index (χ1v) is 8.27. The highest BCUT2D eigenvalue weighted by Gasteiger charge is 2.14. The number of rotatable bonds is 4. The van der Waals surface area contributed by atoms with E-state index < -0.39 is 15.8 Å². The molecule has 0 aromatic heterocycles. The zero-order chi connectivity index (χ0) is 16.3. The van der Waals surface area contributed by atoms with Crippen LogP contribution in [0.25, 0.3) is 0 Å². The van der Waals surface area contributed by atoms with E-state index in [2.05, 4.69) is 4.72 Å². The number of carbonyl (C=O) groups excluding carboxylic acids is 1. The topological polar surface area (TPSA) is 66.5 Å². The third-order valence-corrected chi connectivity index (χ3v) is 3.54. The van der Waals surface area contributed by atoms with Gasteiger partial charge in [0.2, 0.25) is 10.0 Å². The van der Waals surface area contributed by atoms with E-state index >= 15 is 0 Å². The van der Waals surface area contributed by atoms with E-state index in [-0.39, 0.29) is 11.5 Å². The molecule has 0 aliphatic heterocycles.